The van der Waals surface area contributed by atoms with E-state index in [1.807, 2.05) is 0 Å². The van der Waals surface area contributed by atoms with Crippen LogP contribution in [0.25, 0.3) is 0 Å². The molecule has 5 heteroatoms. The molecular weight excluding hydrogens is 266 g/mol. The first-order valence-electron chi connectivity index (χ1n) is 8.43. The van der Waals surface area contributed by atoms with Gasteiger partial charge < -0.3 is 16.0 Å². The molecule has 1 saturated carbocycles. The van der Waals surface area contributed by atoms with Gasteiger partial charge in [-0.25, -0.2) is 0 Å². The Hall–Kier alpha value is -1.10. The normalized spacial score (nSPS) is 34.2. The van der Waals surface area contributed by atoms with Crippen LogP contribution in [0.3, 0.4) is 0 Å². The fraction of sp³-hybridized carbons (Fsp3) is 0.875. The van der Waals surface area contributed by atoms with Crippen molar-refractivity contribution in [3.63, 3.8) is 0 Å². The van der Waals surface area contributed by atoms with Crippen LogP contribution in [0, 0.1) is 0 Å². The van der Waals surface area contributed by atoms with Gasteiger partial charge in [0.2, 0.25) is 11.8 Å². The maximum absolute atomic E-state index is 12.8. The molecule has 118 valence electrons. The van der Waals surface area contributed by atoms with Crippen LogP contribution in [-0.4, -0.2) is 35.5 Å². The molecule has 0 aromatic rings. The highest BCUT2D eigenvalue weighted by Crippen LogP contribution is 2.31. The van der Waals surface area contributed by atoms with E-state index in [9.17, 15) is 9.59 Å². The Labute approximate surface area is 126 Å². The molecule has 2 amide bonds. The maximum Gasteiger partial charge on any atom is 0.245 e. The lowest BCUT2D eigenvalue weighted by molar-refractivity contribution is -0.135. The van der Waals surface area contributed by atoms with Crippen molar-refractivity contribution in [2.75, 3.05) is 0 Å². The van der Waals surface area contributed by atoms with E-state index in [0.717, 1.165) is 44.9 Å². The van der Waals surface area contributed by atoms with Gasteiger partial charge in [-0.3, -0.25) is 9.59 Å². The fourth-order valence-electron chi connectivity index (χ4n) is 4.40. The van der Waals surface area contributed by atoms with Crippen LogP contribution in [0.5, 0.6) is 0 Å². The van der Waals surface area contributed by atoms with Gasteiger partial charge in [-0.05, 0) is 38.5 Å². The van der Waals surface area contributed by atoms with Gasteiger partial charge in [0.15, 0.2) is 0 Å². The summed E-state index contributed by atoms with van der Waals surface area (Å²) in [6.45, 7) is 1.51. The molecule has 3 aliphatic rings. The lowest BCUT2D eigenvalue weighted by Crippen LogP contribution is -2.62. The van der Waals surface area contributed by atoms with Crippen molar-refractivity contribution >= 4 is 11.8 Å². The molecule has 0 spiro atoms. The minimum absolute atomic E-state index is 0.0451. The van der Waals surface area contributed by atoms with Crippen LogP contribution in [0.15, 0.2) is 0 Å². The van der Waals surface area contributed by atoms with Crippen molar-refractivity contribution in [2.24, 2.45) is 0 Å². The molecule has 3 rings (SSSR count). The molecule has 0 aromatic carbocycles. The maximum atomic E-state index is 12.8. The predicted octanol–water partition coefficient (Wildman–Crippen LogP) is 1.22. The highest BCUT2D eigenvalue weighted by molar-refractivity contribution is 5.91. The summed E-state index contributed by atoms with van der Waals surface area (Å²) >= 11 is 0. The molecule has 1 aliphatic carbocycles. The molecule has 2 atom stereocenters. The molecule has 0 aromatic heterocycles. The van der Waals surface area contributed by atoms with Crippen molar-refractivity contribution in [2.45, 2.75) is 88.4 Å². The van der Waals surface area contributed by atoms with E-state index in [-0.39, 0.29) is 17.9 Å². The summed E-state index contributed by atoms with van der Waals surface area (Å²) < 4.78 is 0. The number of hydrogen-bond donors (Lipinski definition) is 3. The number of piperidine rings is 1. The average molecular weight is 293 g/mol. The quantitative estimate of drug-likeness (QED) is 0.733. The number of carbonyl (C=O) groups excluding carboxylic acids is 2. The van der Waals surface area contributed by atoms with E-state index in [1.165, 1.54) is 19.8 Å². The Kier molecular flexibility index (Phi) is 4.20. The van der Waals surface area contributed by atoms with E-state index in [0.29, 0.717) is 12.1 Å². The summed E-state index contributed by atoms with van der Waals surface area (Å²) in [4.78, 5) is 24.3. The second-order valence-corrected chi connectivity index (χ2v) is 7.10. The van der Waals surface area contributed by atoms with E-state index < -0.39 is 5.54 Å². The molecular formula is C16H27N3O2. The van der Waals surface area contributed by atoms with Gasteiger partial charge in [0.25, 0.3) is 0 Å². The van der Waals surface area contributed by atoms with Crippen LogP contribution >= 0.6 is 0 Å². The number of rotatable bonds is 3. The second kappa shape index (κ2) is 5.95. The number of nitrogens with one attached hydrogen (secondary N) is 3. The van der Waals surface area contributed by atoms with Crippen molar-refractivity contribution in [1.29, 1.82) is 0 Å². The largest absolute Gasteiger partial charge is 0.351 e. The van der Waals surface area contributed by atoms with Crippen molar-refractivity contribution in [1.82, 2.24) is 16.0 Å². The first kappa shape index (κ1) is 14.8. The highest BCUT2D eigenvalue weighted by Gasteiger charge is 2.42. The number of hydrogen-bond acceptors (Lipinski definition) is 3. The molecule has 2 saturated heterocycles. The molecule has 0 radical (unpaired) electrons. The number of carbonyl (C=O) groups is 2. The zero-order valence-corrected chi connectivity index (χ0v) is 12.9. The van der Waals surface area contributed by atoms with E-state index >= 15 is 0 Å². The Bertz CT molecular complexity index is 406. The number of fused-ring (bicyclic) bond motifs is 2. The first-order chi connectivity index (χ1) is 10.1. The standard InChI is InChI=1S/C16H27N3O2/c1-11(20)19-16(7-3-2-4-8-16)15(21)18-14-9-12-5-6-13(10-14)17-12/h12-14,17H,2-10H2,1H3,(H,18,21)(H,19,20). The Morgan fingerprint density at radius 1 is 1.05 bits per heavy atom. The van der Waals surface area contributed by atoms with E-state index in [4.69, 9.17) is 0 Å². The van der Waals surface area contributed by atoms with Gasteiger partial charge in [0.1, 0.15) is 5.54 Å². The lowest BCUT2D eigenvalue weighted by atomic mass is 9.80. The Morgan fingerprint density at radius 2 is 1.67 bits per heavy atom. The highest BCUT2D eigenvalue weighted by atomic mass is 16.2. The lowest BCUT2D eigenvalue weighted by Gasteiger charge is -2.39. The van der Waals surface area contributed by atoms with Crippen LogP contribution in [-0.2, 0) is 9.59 Å². The smallest absolute Gasteiger partial charge is 0.245 e. The van der Waals surface area contributed by atoms with Gasteiger partial charge in [0, 0.05) is 25.0 Å². The molecule has 2 unspecified atom stereocenters. The van der Waals surface area contributed by atoms with Crippen molar-refractivity contribution in [3.8, 4) is 0 Å². The summed E-state index contributed by atoms with van der Waals surface area (Å²) in [5, 5.41) is 9.79. The van der Waals surface area contributed by atoms with Crippen molar-refractivity contribution in [3.05, 3.63) is 0 Å². The van der Waals surface area contributed by atoms with Gasteiger partial charge in [-0.15, -0.1) is 0 Å². The average Bonchev–Trinajstić information content (AvgIpc) is 2.78. The summed E-state index contributed by atoms with van der Waals surface area (Å²) in [6.07, 6.45) is 9.26. The SMILES string of the molecule is CC(=O)NC1(C(=O)NC2CC3CCC(C2)N3)CCCCC1. The molecule has 5 nitrogen and oxygen atoms in total. The fourth-order valence-corrected chi connectivity index (χ4v) is 4.40. The van der Waals surface area contributed by atoms with Gasteiger partial charge >= 0.3 is 0 Å². The third-order valence-electron chi connectivity index (χ3n) is 5.37. The Balaban J connectivity index is 1.65. The van der Waals surface area contributed by atoms with Crippen LogP contribution in [0.1, 0.15) is 64.7 Å². The zero-order valence-electron chi connectivity index (χ0n) is 12.9. The van der Waals surface area contributed by atoms with Crippen LogP contribution in [0.2, 0.25) is 0 Å². The molecule has 2 aliphatic heterocycles. The predicted molar refractivity (Wildman–Crippen MR) is 80.7 cm³/mol. The number of amides is 2. The summed E-state index contributed by atoms with van der Waals surface area (Å²) in [5.41, 5.74) is -0.659. The molecule has 21 heavy (non-hydrogen) atoms. The van der Waals surface area contributed by atoms with E-state index in [2.05, 4.69) is 16.0 Å². The third-order valence-corrected chi connectivity index (χ3v) is 5.37. The second-order valence-electron chi connectivity index (χ2n) is 7.10. The first-order valence-corrected chi connectivity index (χ1v) is 8.43. The van der Waals surface area contributed by atoms with Crippen molar-refractivity contribution < 1.29 is 9.59 Å². The Morgan fingerprint density at radius 3 is 2.24 bits per heavy atom. The molecule has 3 N–H and O–H groups in total. The minimum Gasteiger partial charge on any atom is -0.351 e. The van der Waals surface area contributed by atoms with E-state index in [1.54, 1.807) is 0 Å². The molecule has 2 heterocycles. The summed E-state index contributed by atoms with van der Waals surface area (Å²) in [6, 6.07) is 1.40. The summed E-state index contributed by atoms with van der Waals surface area (Å²) in [5.74, 6) is -0.0545. The van der Waals surface area contributed by atoms with Crippen LogP contribution < -0.4 is 16.0 Å². The third kappa shape index (κ3) is 3.23. The van der Waals surface area contributed by atoms with Gasteiger partial charge in [-0.1, -0.05) is 19.3 Å². The zero-order chi connectivity index (χ0) is 14.9. The topological polar surface area (TPSA) is 70.2 Å². The monoisotopic (exact) mass is 293 g/mol. The van der Waals surface area contributed by atoms with Crippen LogP contribution in [0.4, 0.5) is 0 Å². The molecule has 3 fully saturated rings. The van der Waals surface area contributed by atoms with Gasteiger partial charge in [0.05, 0.1) is 0 Å². The minimum atomic E-state index is -0.659. The van der Waals surface area contributed by atoms with Gasteiger partial charge in [-0.2, -0.15) is 0 Å². The molecule has 2 bridgehead atoms. The summed E-state index contributed by atoms with van der Waals surface area (Å²) in [7, 11) is 0.